The third-order valence-corrected chi connectivity index (χ3v) is 4.19. The average molecular weight is 268 g/mol. The predicted octanol–water partition coefficient (Wildman–Crippen LogP) is 3.05. The number of nitrogens with one attached hydrogen (secondary N) is 1. The summed E-state index contributed by atoms with van der Waals surface area (Å²) in [6, 6.07) is 0.442. The molecule has 1 rings (SSSR count). The maximum absolute atomic E-state index is 12.8. The van der Waals surface area contributed by atoms with E-state index in [-0.39, 0.29) is 6.04 Å². The first-order valence-electron chi connectivity index (χ1n) is 8.03. The Kier molecular flexibility index (Phi) is 6.84. The Morgan fingerprint density at radius 3 is 2.42 bits per heavy atom. The van der Waals surface area contributed by atoms with Crippen molar-refractivity contribution in [2.45, 2.75) is 72.4 Å². The first kappa shape index (κ1) is 16.5. The van der Waals surface area contributed by atoms with E-state index < -0.39 is 0 Å². The zero-order chi connectivity index (χ0) is 14.4. The highest BCUT2D eigenvalue weighted by molar-refractivity contribution is 5.82. The summed E-state index contributed by atoms with van der Waals surface area (Å²) in [5.41, 5.74) is 0. The van der Waals surface area contributed by atoms with Crippen molar-refractivity contribution in [1.29, 1.82) is 0 Å². The lowest BCUT2D eigenvalue weighted by Crippen LogP contribution is -2.53. The highest BCUT2D eigenvalue weighted by Crippen LogP contribution is 2.20. The number of nitrogens with zero attached hydrogens (tertiary/aromatic N) is 1. The van der Waals surface area contributed by atoms with Gasteiger partial charge in [-0.25, -0.2) is 0 Å². The SMILES string of the molecule is CCC(CC)N(CC(C)C)C(=O)C1CC(C)CCN1. The van der Waals surface area contributed by atoms with Gasteiger partial charge in [0, 0.05) is 12.6 Å². The largest absolute Gasteiger partial charge is 0.338 e. The molecule has 1 N–H and O–H groups in total. The molecule has 0 spiro atoms. The summed E-state index contributed by atoms with van der Waals surface area (Å²) < 4.78 is 0. The Morgan fingerprint density at radius 1 is 1.32 bits per heavy atom. The van der Waals surface area contributed by atoms with E-state index in [4.69, 9.17) is 0 Å². The van der Waals surface area contributed by atoms with Gasteiger partial charge in [-0.05, 0) is 44.1 Å². The first-order valence-corrected chi connectivity index (χ1v) is 8.03. The fourth-order valence-corrected chi connectivity index (χ4v) is 3.04. The van der Waals surface area contributed by atoms with Gasteiger partial charge < -0.3 is 10.2 Å². The molecule has 19 heavy (non-hydrogen) atoms. The Hall–Kier alpha value is -0.570. The number of amides is 1. The molecule has 2 atom stereocenters. The van der Waals surface area contributed by atoms with Gasteiger partial charge in [-0.3, -0.25) is 4.79 Å². The fourth-order valence-electron chi connectivity index (χ4n) is 3.04. The van der Waals surface area contributed by atoms with E-state index in [2.05, 4.69) is 44.8 Å². The fraction of sp³-hybridized carbons (Fsp3) is 0.938. The van der Waals surface area contributed by atoms with Gasteiger partial charge in [0.05, 0.1) is 6.04 Å². The van der Waals surface area contributed by atoms with Gasteiger partial charge in [0.2, 0.25) is 5.91 Å². The molecule has 1 amide bonds. The molecule has 0 saturated carbocycles. The van der Waals surface area contributed by atoms with Gasteiger partial charge in [-0.2, -0.15) is 0 Å². The van der Waals surface area contributed by atoms with Crippen molar-refractivity contribution in [3.05, 3.63) is 0 Å². The van der Waals surface area contributed by atoms with Gasteiger partial charge in [0.15, 0.2) is 0 Å². The predicted molar refractivity (Wildman–Crippen MR) is 81.1 cm³/mol. The molecule has 1 heterocycles. The highest BCUT2D eigenvalue weighted by atomic mass is 16.2. The second-order valence-electron chi connectivity index (χ2n) is 6.49. The molecule has 0 aromatic rings. The standard InChI is InChI=1S/C16H32N2O/c1-6-14(7-2)18(11-12(3)4)16(19)15-10-13(5)8-9-17-15/h12-15,17H,6-11H2,1-5H3. The van der Waals surface area contributed by atoms with E-state index in [1.165, 1.54) is 6.42 Å². The third kappa shape index (κ3) is 4.79. The van der Waals surface area contributed by atoms with Crippen LogP contribution >= 0.6 is 0 Å². The number of rotatable bonds is 6. The van der Waals surface area contributed by atoms with Crippen LogP contribution in [0.4, 0.5) is 0 Å². The average Bonchev–Trinajstić information content (AvgIpc) is 2.37. The van der Waals surface area contributed by atoms with Crippen molar-refractivity contribution in [3.63, 3.8) is 0 Å². The van der Waals surface area contributed by atoms with Crippen LogP contribution in [0.1, 0.15) is 60.3 Å². The molecule has 0 aromatic heterocycles. The summed E-state index contributed by atoms with van der Waals surface area (Å²) in [4.78, 5) is 14.9. The molecule has 2 unspecified atom stereocenters. The maximum Gasteiger partial charge on any atom is 0.239 e. The Morgan fingerprint density at radius 2 is 1.95 bits per heavy atom. The Labute approximate surface area is 119 Å². The molecule has 0 aromatic carbocycles. The molecule has 112 valence electrons. The van der Waals surface area contributed by atoms with Crippen molar-refractivity contribution in [1.82, 2.24) is 10.2 Å². The Bertz CT molecular complexity index is 274. The minimum absolute atomic E-state index is 0.0445. The van der Waals surface area contributed by atoms with Crippen molar-refractivity contribution >= 4 is 5.91 Å². The summed E-state index contributed by atoms with van der Waals surface area (Å²) in [5, 5.41) is 3.41. The summed E-state index contributed by atoms with van der Waals surface area (Å²) in [6.45, 7) is 12.9. The molecular formula is C16H32N2O. The zero-order valence-electron chi connectivity index (χ0n) is 13.4. The molecule has 0 radical (unpaired) electrons. The lowest BCUT2D eigenvalue weighted by atomic mass is 9.92. The monoisotopic (exact) mass is 268 g/mol. The molecule has 3 nitrogen and oxygen atoms in total. The van der Waals surface area contributed by atoms with Crippen molar-refractivity contribution in [3.8, 4) is 0 Å². The summed E-state index contributed by atoms with van der Waals surface area (Å²) in [7, 11) is 0. The molecule has 1 aliphatic rings. The van der Waals surface area contributed by atoms with Crippen LogP contribution in [0.3, 0.4) is 0 Å². The lowest BCUT2D eigenvalue weighted by molar-refractivity contribution is -0.137. The van der Waals surface area contributed by atoms with Crippen LogP contribution in [0.25, 0.3) is 0 Å². The van der Waals surface area contributed by atoms with Crippen LogP contribution in [-0.2, 0) is 4.79 Å². The highest BCUT2D eigenvalue weighted by Gasteiger charge is 2.31. The quantitative estimate of drug-likeness (QED) is 0.803. The summed E-state index contributed by atoms with van der Waals surface area (Å²) in [5.74, 6) is 1.53. The Balaban J connectivity index is 2.74. The van der Waals surface area contributed by atoms with Crippen LogP contribution in [0.15, 0.2) is 0 Å². The first-order chi connectivity index (χ1) is 8.99. The van der Waals surface area contributed by atoms with Gasteiger partial charge in [-0.15, -0.1) is 0 Å². The van der Waals surface area contributed by atoms with Crippen LogP contribution in [0, 0.1) is 11.8 Å². The number of hydrogen-bond donors (Lipinski definition) is 1. The van der Waals surface area contributed by atoms with Gasteiger partial charge in [0.1, 0.15) is 0 Å². The summed E-state index contributed by atoms with van der Waals surface area (Å²) >= 11 is 0. The van der Waals surface area contributed by atoms with Crippen molar-refractivity contribution in [2.24, 2.45) is 11.8 Å². The molecular weight excluding hydrogens is 236 g/mol. The third-order valence-electron chi connectivity index (χ3n) is 4.19. The van der Waals surface area contributed by atoms with Crippen molar-refractivity contribution in [2.75, 3.05) is 13.1 Å². The van der Waals surface area contributed by atoms with E-state index >= 15 is 0 Å². The minimum Gasteiger partial charge on any atom is -0.338 e. The smallest absolute Gasteiger partial charge is 0.239 e. The normalized spacial score (nSPS) is 23.9. The van der Waals surface area contributed by atoms with Gasteiger partial charge in [-0.1, -0.05) is 34.6 Å². The molecule has 0 aliphatic carbocycles. The van der Waals surface area contributed by atoms with Crippen molar-refractivity contribution < 1.29 is 4.79 Å². The molecule has 0 bridgehead atoms. The van der Waals surface area contributed by atoms with Crippen LogP contribution < -0.4 is 5.32 Å². The molecule has 1 saturated heterocycles. The topological polar surface area (TPSA) is 32.3 Å². The lowest BCUT2D eigenvalue weighted by Gasteiger charge is -2.37. The second-order valence-corrected chi connectivity index (χ2v) is 6.49. The van der Waals surface area contributed by atoms with Gasteiger partial charge >= 0.3 is 0 Å². The molecule has 3 heteroatoms. The van der Waals surface area contributed by atoms with E-state index in [1.54, 1.807) is 0 Å². The zero-order valence-corrected chi connectivity index (χ0v) is 13.4. The number of carbonyl (C=O) groups is 1. The van der Waals surface area contributed by atoms with Gasteiger partial charge in [0.25, 0.3) is 0 Å². The molecule has 1 fully saturated rings. The van der Waals surface area contributed by atoms with Crippen LogP contribution in [-0.4, -0.2) is 36.0 Å². The number of piperidine rings is 1. The van der Waals surface area contributed by atoms with E-state index in [9.17, 15) is 4.79 Å². The second kappa shape index (κ2) is 7.88. The van der Waals surface area contributed by atoms with E-state index in [1.807, 2.05) is 0 Å². The van der Waals surface area contributed by atoms with Crippen LogP contribution in [0.2, 0.25) is 0 Å². The van der Waals surface area contributed by atoms with Crippen LogP contribution in [0.5, 0.6) is 0 Å². The van der Waals surface area contributed by atoms with E-state index in [0.717, 1.165) is 32.4 Å². The number of carbonyl (C=O) groups excluding carboxylic acids is 1. The maximum atomic E-state index is 12.8. The molecule has 1 aliphatic heterocycles. The minimum atomic E-state index is 0.0445. The number of hydrogen-bond acceptors (Lipinski definition) is 2. The summed E-state index contributed by atoms with van der Waals surface area (Å²) in [6.07, 6.45) is 4.29. The van der Waals surface area contributed by atoms with E-state index in [0.29, 0.717) is 23.8 Å².